The van der Waals surface area contributed by atoms with Crippen molar-refractivity contribution in [2.24, 2.45) is 0 Å². The van der Waals surface area contributed by atoms with Gasteiger partial charge in [-0.3, -0.25) is 4.98 Å². The van der Waals surface area contributed by atoms with Crippen LogP contribution in [-0.4, -0.2) is 21.7 Å². The zero-order chi connectivity index (χ0) is 15.2. The molecule has 2 aromatic rings. The lowest BCUT2D eigenvalue weighted by atomic mass is 9.97. The molecule has 21 heavy (non-hydrogen) atoms. The Morgan fingerprint density at radius 2 is 2.10 bits per heavy atom. The molecule has 0 amide bonds. The van der Waals surface area contributed by atoms with E-state index in [4.69, 9.17) is 11.6 Å². The van der Waals surface area contributed by atoms with Crippen molar-refractivity contribution in [1.29, 1.82) is 0 Å². The number of halogens is 1. The Balaban J connectivity index is 2.35. The first-order valence-corrected chi connectivity index (χ1v) is 7.68. The topological polar surface area (TPSA) is 50.7 Å². The van der Waals surface area contributed by atoms with Gasteiger partial charge in [-0.15, -0.1) is 0 Å². The summed E-state index contributed by atoms with van der Waals surface area (Å²) in [6.45, 7) is 7.07. The van der Waals surface area contributed by atoms with Gasteiger partial charge in [-0.2, -0.15) is 10.2 Å². The summed E-state index contributed by atoms with van der Waals surface area (Å²) < 4.78 is 0. The molecule has 0 saturated carbocycles. The molecule has 0 aliphatic heterocycles. The summed E-state index contributed by atoms with van der Waals surface area (Å²) in [5.41, 5.74) is 4.27. The number of hydrogen-bond acceptors (Lipinski definition) is 4. The van der Waals surface area contributed by atoms with Crippen LogP contribution in [0.3, 0.4) is 0 Å². The fraction of sp³-hybridized carbons (Fsp3) is 0.438. The van der Waals surface area contributed by atoms with E-state index in [0.29, 0.717) is 5.02 Å². The predicted octanol–water partition coefficient (Wildman–Crippen LogP) is 3.29. The maximum Gasteiger partial charge on any atom is 0.0676 e. The van der Waals surface area contributed by atoms with Crippen LogP contribution in [0.5, 0.6) is 0 Å². The highest BCUT2D eigenvalue weighted by Gasteiger charge is 2.17. The van der Waals surface area contributed by atoms with Gasteiger partial charge in [-0.25, -0.2) is 0 Å². The van der Waals surface area contributed by atoms with E-state index in [0.717, 1.165) is 36.3 Å². The number of hydrogen-bond donors (Lipinski definition) is 1. The number of nitrogens with zero attached hydrogens (tertiary/aromatic N) is 3. The van der Waals surface area contributed by atoms with Crippen LogP contribution in [0.1, 0.15) is 42.4 Å². The van der Waals surface area contributed by atoms with Crippen LogP contribution in [0.15, 0.2) is 24.5 Å². The Kier molecular flexibility index (Phi) is 5.65. The molecule has 0 aromatic carbocycles. The Morgan fingerprint density at radius 3 is 2.76 bits per heavy atom. The summed E-state index contributed by atoms with van der Waals surface area (Å²) >= 11 is 6.24. The van der Waals surface area contributed by atoms with Crippen molar-refractivity contribution >= 4 is 11.6 Å². The van der Waals surface area contributed by atoms with Crippen molar-refractivity contribution in [3.05, 3.63) is 52.1 Å². The maximum atomic E-state index is 6.24. The molecule has 2 aromatic heterocycles. The van der Waals surface area contributed by atoms with Crippen molar-refractivity contribution in [3.63, 3.8) is 0 Å². The number of pyridine rings is 1. The van der Waals surface area contributed by atoms with Crippen molar-refractivity contribution in [1.82, 2.24) is 20.5 Å². The normalized spacial score (nSPS) is 12.4. The zero-order valence-corrected chi connectivity index (χ0v) is 13.5. The average Bonchev–Trinajstić information content (AvgIpc) is 2.49. The molecule has 0 fully saturated rings. The smallest absolute Gasteiger partial charge is 0.0676 e. The summed E-state index contributed by atoms with van der Waals surface area (Å²) in [6, 6.07) is 4.27. The molecule has 1 unspecified atom stereocenters. The van der Waals surface area contributed by atoms with Crippen LogP contribution in [0.4, 0.5) is 0 Å². The highest BCUT2D eigenvalue weighted by molar-refractivity contribution is 6.31. The second kappa shape index (κ2) is 7.48. The van der Waals surface area contributed by atoms with E-state index >= 15 is 0 Å². The van der Waals surface area contributed by atoms with Gasteiger partial charge in [0.1, 0.15) is 0 Å². The standard InChI is InChI=1S/C16H21ClN4/c1-4-15-13(8-11(3)20-21-15)16(19-5-2)9-12-6-7-18-10-14(12)17/h6-8,10,16,19H,4-5,9H2,1-3H3. The van der Waals surface area contributed by atoms with Crippen LogP contribution < -0.4 is 5.32 Å². The van der Waals surface area contributed by atoms with Crippen LogP contribution in [0, 0.1) is 6.92 Å². The second-order valence-electron chi connectivity index (χ2n) is 5.02. The van der Waals surface area contributed by atoms with Gasteiger partial charge < -0.3 is 5.32 Å². The SMILES string of the molecule is CCNC(Cc1ccncc1Cl)c1cc(C)nnc1CC. The molecule has 112 valence electrons. The Labute approximate surface area is 131 Å². The Morgan fingerprint density at radius 1 is 1.29 bits per heavy atom. The first kappa shape index (κ1) is 15.9. The second-order valence-corrected chi connectivity index (χ2v) is 5.43. The molecule has 1 N–H and O–H groups in total. The summed E-state index contributed by atoms with van der Waals surface area (Å²) in [5.74, 6) is 0. The minimum Gasteiger partial charge on any atom is -0.310 e. The van der Waals surface area contributed by atoms with E-state index in [9.17, 15) is 0 Å². The molecule has 2 rings (SSSR count). The molecule has 0 radical (unpaired) electrons. The molecule has 1 atom stereocenters. The van der Waals surface area contributed by atoms with Crippen molar-refractivity contribution in [2.75, 3.05) is 6.54 Å². The number of likely N-dealkylation sites (N-methyl/N-ethyl adjacent to an activating group) is 1. The highest BCUT2D eigenvalue weighted by Crippen LogP contribution is 2.25. The molecule has 0 saturated heterocycles. The lowest BCUT2D eigenvalue weighted by molar-refractivity contribution is 0.540. The summed E-state index contributed by atoms with van der Waals surface area (Å²) in [5, 5.41) is 12.7. The fourth-order valence-corrected chi connectivity index (χ4v) is 2.64. The van der Waals surface area contributed by atoms with Crippen LogP contribution in [0.2, 0.25) is 5.02 Å². The molecule has 5 heteroatoms. The van der Waals surface area contributed by atoms with Crippen LogP contribution in [-0.2, 0) is 12.8 Å². The highest BCUT2D eigenvalue weighted by atomic mass is 35.5. The van der Waals surface area contributed by atoms with Crippen molar-refractivity contribution < 1.29 is 0 Å². The first-order valence-electron chi connectivity index (χ1n) is 7.30. The lowest BCUT2D eigenvalue weighted by Crippen LogP contribution is -2.25. The van der Waals surface area contributed by atoms with E-state index in [1.807, 2.05) is 13.0 Å². The van der Waals surface area contributed by atoms with Gasteiger partial charge in [0.15, 0.2) is 0 Å². The van der Waals surface area contributed by atoms with Crippen LogP contribution in [0.25, 0.3) is 0 Å². The molecule has 0 aliphatic rings. The van der Waals surface area contributed by atoms with Gasteiger partial charge >= 0.3 is 0 Å². The van der Waals surface area contributed by atoms with Gasteiger partial charge in [0, 0.05) is 18.4 Å². The Hall–Kier alpha value is -1.52. The number of rotatable bonds is 6. The molecule has 0 spiro atoms. The van der Waals surface area contributed by atoms with E-state index in [2.05, 4.69) is 40.4 Å². The minimum absolute atomic E-state index is 0.180. The predicted molar refractivity (Wildman–Crippen MR) is 85.5 cm³/mol. The third-order valence-corrected chi connectivity index (χ3v) is 3.81. The van der Waals surface area contributed by atoms with Crippen LogP contribution >= 0.6 is 11.6 Å². The van der Waals surface area contributed by atoms with Gasteiger partial charge in [-0.05, 0) is 49.6 Å². The van der Waals surface area contributed by atoms with E-state index in [1.165, 1.54) is 5.56 Å². The molecule has 0 bridgehead atoms. The quantitative estimate of drug-likeness (QED) is 0.889. The lowest BCUT2D eigenvalue weighted by Gasteiger charge is -2.21. The molecule has 4 nitrogen and oxygen atoms in total. The average molecular weight is 305 g/mol. The molecular formula is C16H21ClN4. The monoisotopic (exact) mass is 304 g/mol. The van der Waals surface area contributed by atoms with E-state index in [-0.39, 0.29) is 6.04 Å². The fourth-order valence-electron chi connectivity index (χ4n) is 2.44. The van der Waals surface area contributed by atoms with Gasteiger partial charge in [0.2, 0.25) is 0 Å². The van der Waals surface area contributed by atoms with Crippen molar-refractivity contribution in [3.8, 4) is 0 Å². The summed E-state index contributed by atoms with van der Waals surface area (Å²) in [4.78, 5) is 4.04. The Bertz CT molecular complexity index is 601. The van der Waals surface area contributed by atoms with Gasteiger partial charge in [0.05, 0.1) is 16.4 Å². The molecular weight excluding hydrogens is 284 g/mol. The van der Waals surface area contributed by atoms with Crippen molar-refractivity contribution in [2.45, 2.75) is 39.7 Å². The van der Waals surface area contributed by atoms with E-state index in [1.54, 1.807) is 12.4 Å². The summed E-state index contributed by atoms with van der Waals surface area (Å²) in [6.07, 6.45) is 5.15. The molecule has 2 heterocycles. The molecule has 0 aliphatic carbocycles. The van der Waals surface area contributed by atoms with E-state index < -0.39 is 0 Å². The number of aromatic nitrogens is 3. The van der Waals surface area contributed by atoms with Gasteiger partial charge in [-0.1, -0.05) is 25.4 Å². The third kappa shape index (κ3) is 3.99. The van der Waals surface area contributed by atoms with Gasteiger partial charge in [0.25, 0.3) is 0 Å². The number of nitrogens with one attached hydrogen (secondary N) is 1. The largest absolute Gasteiger partial charge is 0.310 e. The zero-order valence-electron chi connectivity index (χ0n) is 12.7. The number of aryl methyl sites for hydroxylation is 2. The maximum absolute atomic E-state index is 6.24. The first-order chi connectivity index (χ1) is 10.2. The summed E-state index contributed by atoms with van der Waals surface area (Å²) in [7, 11) is 0. The minimum atomic E-state index is 0.180. The third-order valence-electron chi connectivity index (χ3n) is 3.47.